The van der Waals surface area contributed by atoms with Gasteiger partial charge in [0.1, 0.15) is 44.9 Å². The van der Waals surface area contributed by atoms with E-state index in [9.17, 15) is 10.2 Å². The Bertz CT molecular complexity index is 3000. The lowest BCUT2D eigenvalue weighted by Crippen LogP contribution is -2.24. The summed E-state index contributed by atoms with van der Waals surface area (Å²) in [5, 5.41) is 22.9. The minimum atomic E-state index is -0.380. The van der Waals surface area contributed by atoms with Crippen molar-refractivity contribution < 1.29 is 10.2 Å². The SMILES string of the molecule is CC(C)(c1ccccc1)c1cc(-n2n3c4ccccc4n23)c(O)c(C(C)(C)c2ccccc2)c1.CCC(C)(C)c1cc(-n2n3c4ccccc4n23)c(O)c(C(C)(C)CC)c1. The van der Waals surface area contributed by atoms with Crippen LogP contribution >= 0.6 is 0 Å². The normalized spacial score (nSPS) is 13.1. The highest BCUT2D eigenvalue weighted by Gasteiger charge is 2.36. The van der Waals surface area contributed by atoms with Gasteiger partial charge in [0.05, 0.1) is 0 Å². The maximum absolute atomic E-state index is 11.7. The van der Waals surface area contributed by atoms with Crippen molar-refractivity contribution in [2.75, 3.05) is 0 Å². The average molecular weight is 799 g/mol. The van der Waals surface area contributed by atoms with Gasteiger partial charge in [-0.15, -0.1) is 28.1 Å². The summed E-state index contributed by atoms with van der Waals surface area (Å²) in [5.41, 5.74) is 12.5. The molecule has 0 saturated carbocycles. The lowest BCUT2D eigenvalue weighted by atomic mass is 9.72. The van der Waals surface area contributed by atoms with Crippen molar-refractivity contribution >= 4 is 22.1 Å². The third kappa shape index (κ3) is 5.94. The van der Waals surface area contributed by atoms with Crippen molar-refractivity contribution in [3.05, 3.63) is 167 Å². The molecule has 0 bridgehead atoms. The topological polar surface area (TPSA) is 68.0 Å². The number of fused-ring (bicyclic) bond motifs is 8. The lowest BCUT2D eigenvalue weighted by Gasteiger charge is -2.32. The summed E-state index contributed by atoms with van der Waals surface area (Å²) in [4.78, 5) is 4.14. The number of phenolic OH excluding ortho intramolecular Hbond substituents is 2. The molecular weight excluding hydrogens is 741 g/mol. The van der Waals surface area contributed by atoms with E-state index in [2.05, 4.69) is 213 Å². The van der Waals surface area contributed by atoms with E-state index in [1.165, 1.54) is 33.3 Å². The first-order chi connectivity index (χ1) is 28.5. The molecule has 0 fully saturated rings. The lowest BCUT2D eigenvalue weighted by molar-refractivity contribution is 0.422. The van der Waals surface area contributed by atoms with Gasteiger partial charge in [0.25, 0.3) is 0 Å². The van der Waals surface area contributed by atoms with E-state index in [0.29, 0.717) is 11.5 Å². The van der Waals surface area contributed by atoms with Gasteiger partial charge in [-0.3, -0.25) is 0 Å². The molecule has 4 aromatic heterocycles. The summed E-state index contributed by atoms with van der Waals surface area (Å²) in [6.45, 7) is 22.3. The molecule has 60 heavy (non-hydrogen) atoms. The van der Waals surface area contributed by atoms with E-state index in [-0.39, 0.29) is 21.7 Å². The molecule has 0 amide bonds. The Labute approximate surface area is 352 Å². The number of para-hydroxylation sites is 4. The summed E-state index contributed by atoms with van der Waals surface area (Å²) in [7, 11) is 0. The molecule has 0 radical (unpaired) electrons. The van der Waals surface area contributed by atoms with Crippen LogP contribution in [0.15, 0.2) is 133 Å². The molecule has 0 saturated heterocycles. The largest absolute Gasteiger partial charge is 0.505 e. The van der Waals surface area contributed by atoms with E-state index in [1.54, 1.807) is 0 Å². The van der Waals surface area contributed by atoms with E-state index >= 15 is 0 Å². The molecule has 10 rings (SSSR count). The fraction of sp³-hybridized carbons (Fsp3) is 0.308. The molecule has 0 aliphatic heterocycles. The van der Waals surface area contributed by atoms with Crippen LogP contribution in [-0.4, -0.2) is 38.3 Å². The van der Waals surface area contributed by atoms with Crippen molar-refractivity contribution in [3.8, 4) is 22.9 Å². The molecule has 10 aromatic rings. The van der Waals surface area contributed by atoms with Crippen LogP contribution in [-0.2, 0) is 21.7 Å². The molecule has 0 spiro atoms. The summed E-state index contributed by atoms with van der Waals surface area (Å²) in [5.74, 6) is 0.717. The van der Waals surface area contributed by atoms with Crippen LogP contribution in [0.4, 0.5) is 0 Å². The number of phenols is 2. The number of rotatable bonds is 10. The van der Waals surface area contributed by atoms with E-state index in [1.807, 2.05) is 18.2 Å². The smallest absolute Gasteiger partial charge is 0.147 e. The second-order valence-electron chi connectivity index (χ2n) is 19.0. The predicted octanol–water partition coefficient (Wildman–Crippen LogP) is 12.3. The van der Waals surface area contributed by atoms with E-state index in [4.69, 9.17) is 0 Å². The van der Waals surface area contributed by atoms with Crippen LogP contribution in [0, 0.1) is 0 Å². The van der Waals surface area contributed by atoms with Crippen molar-refractivity contribution in [3.63, 3.8) is 0 Å². The standard InChI is InChI=1S/C30H29N3O.C22H29N3O/c1-29(2,21-13-7-5-8-14-21)23-19-24(30(3,4)22-15-9-6-10-16-22)28(34)27(20-23)33-31-25-17-11-12-18-26(25)32(31)33;1-7-21(3,4)15-13-16(22(5,6)8-2)20(26)19(14-15)25-23-17-11-9-10-12-18(17)24(23)25/h5-20,34H,1-4H3;9-14,26H,7-8H2,1-6H3. The number of benzene rings is 6. The summed E-state index contributed by atoms with van der Waals surface area (Å²) in [6, 6.07) is 46.4. The molecule has 0 atom stereocenters. The van der Waals surface area contributed by atoms with Gasteiger partial charge in [-0.25, -0.2) is 0 Å². The van der Waals surface area contributed by atoms with Crippen LogP contribution in [0.3, 0.4) is 0 Å². The van der Waals surface area contributed by atoms with Crippen LogP contribution in [0.1, 0.15) is 115 Å². The molecule has 4 heterocycles. The van der Waals surface area contributed by atoms with Crippen LogP contribution < -0.4 is 0 Å². The Morgan fingerprint density at radius 2 is 0.733 bits per heavy atom. The highest BCUT2D eigenvalue weighted by molar-refractivity contribution is 5.80. The van der Waals surface area contributed by atoms with Gasteiger partial charge < -0.3 is 10.2 Å². The average Bonchev–Trinajstić information content (AvgIpc) is 4.12. The Morgan fingerprint density at radius 1 is 0.383 bits per heavy atom. The van der Waals surface area contributed by atoms with E-state index in [0.717, 1.165) is 46.4 Å². The zero-order valence-corrected chi connectivity index (χ0v) is 36.7. The van der Waals surface area contributed by atoms with Crippen LogP contribution in [0.2, 0.25) is 0 Å². The molecule has 0 aliphatic carbocycles. The first-order valence-electron chi connectivity index (χ1n) is 21.4. The number of hydrogen-bond acceptors (Lipinski definition) is 2. The third-order valence-electron chi connectivity index (χ3n) is 13.9. The molecule has 8 heteroatoms. The Hall–Kier alpha value is -6.28. The summed E-state index contributed by atoms with van der Waals surface area (Å²) < 4.78 is 8.41. The summed E-state index contributed by atoms with van der Waals surface area (Å²) >= 11 is 0. The summed E-state index contributed by atoms with van der Waals surface area (Å²) in [6.07, 6.45) is 2.03. The maximum atomic E-state index is 11.7. The fourth-order valence-electron chi connectivity index (χ4n) is 8.71. The van der Waals surface area contributed by atoms with E-state index < -0.39 is 0 Å². The fourth-order valence-corrected chi connectivity index (χ4v) is 8.71. The predicted molar refractivity (Wildman–Crippen MR) is 245 cm³/mol. The first-order valence-corrected chi connectivity index (χ1v) is 21.4. The number of hydrogen-bond donors (Lipinski definition) is 2. The first kappa shape index (κ1) is 39.2. The number of aromatic nitrogens is 6. The molecular formula is C52H58N6O2. The Balaban J connectivity index is 0.000000160. The van der Waals surface area contributed by atoms with Gasteiger partial charge >= 0.3 is 0 Å². The third-order valence-corrected chi connectivity index (χ3v) is 13.9. The molecule has 0 aliphatic rings. The molecule has 6 aromatic carbocycles. The number of aromatic hydroxyl groups is 2. The van der Waals surface area contributed by atoms with Crippen molar-refractivity contribution in [1.29, 1.82) is 0 Å². The highest BCUT2D eigenvalue weighted by atomic mass is 16.3. The molecule has 0 unspecified atom stereocenters. The van der Waals surface area contributed by atoms with Crippen molar-refractivity contribution in [2.45, 2.75) is 104 Å². The van der Waals surface area contributed by atoms with Gasteiger partial charge in [0, 0.05) is 22.0 Å². The minimum absolute atomic E-state index is 0.0631. The highest BCUT2D eigenvalue weighted by Crippen LogP contribution is 2.46. The molecule has 8 nitrogen and oxygen atoms in total. The zero-order valence-electron chi connectivity index (χ0n) is 36.7. The second-order valence-corrected chi connectivity index (χ2v) is 19.0. The van der Waals surface area contributed by atoms with Crippen LogP contribution in [0.25, 0.3) is 33.4 Å². The van der Waals surface area contributed by atoms with Gasteiger partial charge in [-0.05, 0) is 82.3 Å². The van der Waals surface area contributed by atoms with Gasteiger partial charge in [-0.1, -0.05) is 166 Å². The van der Waals surface area contributed by atoms with Crippen LogP contribution in [0.5, 0.6) is 11.5 Å². The maximum Gasteiger partial charge on any atom is 0.147 e. The Kier molecular flexibility index (Phi) is 8.90. The second kappa shape index (κ2) is 13.6. The number of nitrogens with zero attached hydrogens (tertiary/aromatic N) is 6. The van der Waals surface area contributed by atoms with Gasteiger partial charge in [0.2, 0.25) is 0 Å². The quantitative estimate of drug-likeness (QED) is 0.145. The molecule has 2 N–H and O–H groups in total. The van der Waals surface area contributed by atoms with Gasteiger partial charge in [-0.2, -0.15) is 0 Å². The molecule has 308 valence electrons. The Morgan fingerprint density at radius 3 is 1.15 bits per heavy atom. The van der Waals surface area contributed by atoms with Crippen molar-refractivity contribution in [2.24, 2.45) is 0 Å². The monoisotopic (exact) mass is 798 g/mol. The zero-order chi connectivity index (χ0) is 42.5. The minimum Gasteiger partial charge on any atom is -0.505 e. The van der Waals surface area contributed by atoms with Gasteiger partial charge in [0.15, 0.2) is 0 Å². The van der Waals surface area contributed by atoms with Crippen molar-refractivity contribution in [1.82, 2.24) is 28.1 Å².